The third-order valence-corrected chi connectivity index (χ3v) is 1.60. The number of aryl methyl sites for hydroxylation is 1. The summed E-state index contributed by atoms with van der Waals surface area (Å²) in [6.07, 6.45) is 3.00. The number of fused-ring (bicyclic) bond motifs is 1. The predicted octanol–water partition coefficient (Wildman–Crippen LogP) is -1.20. The van der Waals surface area contributed by atoms with Gasteiger partial charge in [0.2, 0.25) is 0 Å². The van der Waals surface area contributed by atoms with E-state index in [9.17, 15) is 9.90 Å². The number of carboxylic acids is 1. The third kappa shape index (κ3) is 1.12. The average Bonchev–Trinajstić information content (AvgIpc) is 2.46. The van der Waals surface area contributed by atoms with Gasteiger partial charge in [0.05, 0.1) is 11.9 Å². The van der Waals surface area contributed by atoms with Crippen LogP contribution >= 0.6 is 0 Å². The number of aromatic nitrogens is 4. The molecule has 0 bridgehead atoms. The molecule has 0 aliphatic heterocycles. The summed E-state index contributed by atoms with van der Waals surface area (Å²) < 4.78 is 1.33. The predicted molar refractivity (Wildman–Crippen MR) is 39.8 cm³/mol. The maximum atomic E-state index is 10.5. The topological polar surface area (TPSA) is 83.2 Å². The molecule has 6 heteroatoms. The standard InChI is InChI=1S/C7H6N4O2/c1-4-3-11-5(2-8-4)9-10-6(11)7(12)13/h2-3H,1H3,(H,12,13)/p-1. The van der Waals surface area contributed by atoms with Gasteiger partial charge in [-0.25, -0.2) is 0 Å². The fourth-order valence-corrected chi connectivity index (χ4v) is 1.04. The molecule has 0 spiro atoms. The molecule has 2 rings (SSSR count). The minimum atomic E-state index is -1.35. The second-order valence-electron chi connectivity index (χ2n) is 2.57. The van der Waals surface area contributed by atoms with E-state index in [2.05, 4.69) is 15.2 Å². The van der Waals surface area contributed by atoms with Crippen LogP contribution in [0.3, 0.4) is 0 Å². The van der Waals surface area contributed by atoms with Crippen molar-refractivity contribution in [1.29, 1.82) is 0 Å². The molecule has 0 unspecified atom stereocenters. The first kappa shape index (κ1) is 7.66. The van der Waals surface area contributed by atoms with Crippen molar-refractivity contribution in [3.8, 4) is 0 Å². The highest BCUT2D eigenvalue weighted by Gasteiger charge is 2.05. The number of hydrogen-bond acceptors (Lipinski definition) is 5. The van der Waals surface area contributed by atoms with Gasteiger partial charge in [0.25, 0.3) is 0 Å². The van der Waals surface area contributed by atoms with Crippen LogP contribution in [-0.2, 0) is 0 Å². The van der Waals surface area contributed by atoms with Gasteiger partial charge in [-0.3, -0.25) is 9.38 Å². The van der Waals surface area contributed by atoms with E-state index in [0.29, 0.717) is 11.3 Å². The minimum Gasteiger partial charge on any atom is -0.541 e. The van der Waals surface area contributed by atoms with Crippen LogP contribution < -0.4 is 5.11 Å². The van der Waals surface area contributed by atoms with Gasteiger partial charge in [-0.2, -0.15) is 0 Å². The Labute approximate surface area is 72.9 Å². The van der Waals surface area contributed by atoms with Gasteiger partial charge in [-0.05, 0) is 6.92 Å². The van der Waals surface area contributed by atoms with Crippen LogP contribution in [0.4, 0.5) is 0 Å². The molecule has 2 aromatic rings. The van der Waals surface area contributed by atoms with Gasteiger partial charge in [-0.15, -0.1) is 10.2 Å². The Morgan fingerprint density at radius 1 is 1.54 bits per heavy atom. The van der Waals surface area contributed by atoms with E-state index < -0.39 is 5.97 Å². The summed E-state index contributed by atoms with van der Waals surface area (Å²) in [6.45, 7) is 1.75. The maximum absolute atomic E-state index is 10.5. The Morgan fingerprint density at radius 3 is 3.00 bits per heavy atom. The lowest BCUT2D eigenvalue weighted by Gasteiger charge is -1.99. The average molecular weight is 177 g/mol. The zero-order valence-electron chi connectivity index (χ0n) is 6.76. The molecule has 2 heterocycles. The molecule has 66 valence electrons. The molecule has 0 aliphatic rings. The minimum absolute atomic E-state index is 0.208. The van der Waals surface area contributed by atoms with Crippen molar-refractivity contribution in [2.75, 3.05) is 0 Å². The van der Waals surface area contributed by atoms with Crippen molar-refractivity contribution in [2.45, 2.75) is 6.92 Å². The second-order valence-corrected chi connectivity index (χ2v) is 2.57. The fourth-order valence-electron chi connectivity index (χ4n) is 1.04. The largest absolute Gasteiger partial charge is 0.541 e. The number of carbonyl (C=O) groups is 1. The number of hydrogen-bond donors (Lipinski definition) is 0. The summed E-state index contributed by atoms with van der Waals surface area (Å²) in [4.78, 5) is 14.5. The Morgan fingerprint density at radius 2 is 2.31 bits per heavy atom. The van der Waals surface area contributed by atoms with E-state index in [1.807, 2.05) is 0 Å². The van der Waals surface area contributed by atoms with Crippen LogP contribution in [-0.4, -0.2) is 25.6 Å². The van der Waals surface area contributed by atoms with E-state index in [4.69, 9.17) is 0 Å². The summed E-state index contributed by atoms with van der Waals surface area (Å²) in [7, 11) is 0. The molecular formula is C7H5N4O2-. The summed E-state index contributed by atoms with van der Waals surface area (Å²) in [5.41, 5.74) is 1.08. The molecule has 0 radical (unpaired) electrons. The lowest BCUT2D eigenvalue weighted by atomic mass is 10.5. The van der Waals surface area contributed by atoms with E-state index in [1.54, 1.807) is 13.1 Å². The molecular weight excluding hydrogens is 172 g/mol. The molecule has 0 fully saturated rings. The molecule has 0 aromatic carbocycles. The summed E-state index contributed by atoms with van der Waals surface area (Å²) in [5, 5.41) is 17.6. The SMILES string of the molecule is Cc1cn2c(C(=O)[O-])nnc2cn1. The van der Waals surface area contributed by atoms with Gasteiger partial charge in [0.15, 0.2) is 11.5 Å². The van der Waals surface area contributed by atoms with Gasteiger partial charge < -0.3 is 9.90 Å². The third-order valence-electron chi connectivity index (χ3n) is 1.60. The highest BCUT2D eigenvalue weighted by molar-refractivity contribution is 5.82. The zero-order chi connectivity index (χ0) is 9.42. The monoisotopic (exact) mass is 177 g/mol. The highest BCUT2D eigenvalue weighted by Crippen LogP contribution is 2.02. The molecule has 0 saturated carbocycles. The van der Waals surface area contributed by atoms with Crippen molar-refractivity contribution in [1.82, 2.24) is 19.6 Å². The Bertz CT molecular complexity index is 476. The number of carboxylic acid groups (broad SMARTS) is 1. The molecule has 0 amide bonds. The molecule has 0 saturated heterocycles. The number of nitrogens with zero attached hydrogens (tertiary/aromatic N) is 4. The van der Waals surface area contributed by atoms with Crippen molar-refractivity contribution in [3.05, 3.63) is 23.9 Å². The van der Waals surface area contributed by atoms with Gasteiger partial charge in [0.1, 0.15) is 5.97 Å². The first-order valence-electron chi connectivity index (χ1n) is 3.57. The Balaban J connectivity index is 2.79. The first-order chi connectivity index (χ1) is 6.18. The van der Waals surface area contributed by atoms with Crippen LogP contribution in [0, 0.1) is 6.92 Å². The normalized spacial score (nSPS) is 10.5. The van der Waals surface area contributed by atoms with Crippen molar-refractivity contribution in [3.63, 3.8) is 0 Å². The van der Waals surface area contributed by atoms with Crippen LogP contribution in [0.15, 0.2) is 12.4 Å². The smallest absolute Gasteiger partial charge is 0.184 e. The quantitative estimate of drug-likeness (QED) is 0.546. The Hall–Kier alpha value is -1.98. The number of rotatable bonds is 1. The van der Waals surface area contributed by atoms with E-state index in [0.717, 1.165) is 0 Å². The zero-order valence-corrected chi connectivity index (χ0v) is 6.76. The van der Waals surface area contributed by atoms with E-state index >= 15 is 0 Å². The lowest BCUT2D eigenvalue weighted by Crippen LogP contribution is -2.25. The van der Waals surface area contributed by atoms with Gasteiger partial charge in [-0.1, -0.05) is 0 Å². The first-order valence-corrected chi connectivity index (χ1v) is 3.57. The van der Waals surface area contributed by atoms with Crippen LogP contribution in [0.5, 0.6) is 0 Å². The van der Waals surface area contributed by atoms with Crippen molar-refractivity contribution in [2.24, 2.45) is 0 Å². The van der Waals surface area contributed by atoms with Crippen molar-refractivity contribution < 1.29 is 9.90 Å². The van der Waals surface area contributed by atoms with Gasteiger partial charge in [0, 0.05) is 6.20 Å². The summed E-state index contributed by atoms with van der Waals surface area (Å²) in [6, 6.07) is 0. The van der Waals surface area contributed by atoms with Crippen LogP contribution in [0.1, 0.15) is 16.3 Å². The van der Waals surface area contributed by atoms with Crippen LogP contribution in [0.25, 0.3) is 5.65 Å². The van der Waals surface area contributed by atoms with Crippen molar-refractivity contribution >= 4 is 11.6 Å². The summed E-state index contributed by atoms with van der Waals surface area (Å²) in [5.74, 6) is -1.56. The lowest BCUT2D eigenvalue weighted by molar-refractivity contribution is -0.256. The number of carbonyl (C=O) groups excluding carboxylic acids is 1. The van der Waals surface area contributed by atoms with Crippen LogP contribution in [0.2, 0.25) is 0 Å². The van der Waals surface area contributed by atoms with E-state index in [1.165, 1.54) is 10.6 Å². The second kappa shape index (κ2) is 2.51. The van der Waals surface area contributed by atoms with Gasteiger partial charge >= 0.3 is 0 Å². The molecule has 0 aliphatic carbocycles. The fraction of sp³-hybridized carbons (Fsp3) is 0.143. The molecule has 13 heavy (non-hydrogen) atoms. The molecule has 0 N–H and O–H groups in total. The van der Waals surface area contributed by atoms with E-state index in [-0.39, 0.29) is 5.82 Å². The maximum Gasteiger partial charge on any atom is 0.184 e. The highest BCUT2D eigenvalue weighted by atomic mass is 16.4. The number of aromatic carboxylic acids is 1. The Kier molecular flexibility index (Phi) is 1.48. The molecule has 2 aromatic heterocycles. The molecule has 6 nitrogen and oxygen atoms in total. The summed E-state index contributed by atoms with van der Waals surface area (Å²) >= 11 is 0. The molecule has 0 atom stereocenters.